The Morgan fingerprint density at radius 3 is 2.44 bits per heavy atom. The summed E-state index contributed by atoms with van der Waals surface area (Å²) in [6.07, 6.45) is 1.02. The van der Waals surface area contributed by atoms with E-state index in [0.29, 0.717) is 10.7 Å². The van der Waals surface area contributed by atoms with Crippen LogP contribution in [0.1, 0.15) is 11.1 Å². The van der Waals surface area contributed by atoms with Crippen LogP contribution < -0.4 is 9.62 Å². The first-order valence-electron chi connectivity index (χ1n) is 7.38. The lowest BCUT2D eigenvalue weighted by Crippen LogP contribution is -2.37. The Bertz CT molecular complexity index is 914. The molecule has 1 amide bonds. The highest BCUT2D eigenvalue weighted by molar-refractivity contribution is 7.92. The number of halogens is 2. The Morgan fingerprint density at radius 1 is 1.16 bits per heavy atom. The number of carbonyl (C=O) groups is 1. The van der Waals surface area contributed by atoms with Crippen LogP contribution in [0.15, 0.2) is 36.4 Å². The zero-order valence-corrected chi connectivity index (χ0v) is 16.3. The number of nitrogens with one attached hydrogen (secondary N) is 1. The molecule has 0 aromatic heterocycles. The average Bonchev–Trinajstić information content (AvgIpc) is 2.49. The van der Waals surface area contributed by atoms with Gasteiger partial charge in [-0.15, -0.1) is 0 Å². The molecule has 0 aliphatic heterocycles. The van der Waals surface area contributed by atoms with Crippen molar-refractivity contribution >= 4 is 50.5 Å². The van der Waals surface area contributed by atoms with Gasteiger partial charge in [0.25, 0.3) is 0 Å². The van der Waals surface area contributed by atoms with E-state index < -0.39 is 22.5 Å². The summed E-state index contributed by atoms with van der Waals surface area (Å²) in [5.74, 6) is -0.467. The third kappa shape index (κ3) is 4.87. The Labute approximate surface area is 157 Å². The predicted molar refractivity (Wildman–Crippen MR) is 103 cm³/mol. The first kappa shape index (κ1) is 19.6. The molecule has 2 aromatic carbocycles. The highest BCUT2D eigenvalue weighted by Crippen LogP contribution is 2.30. The minimum atomic E-state index is -3.71. The van der Waals surface area contributed by atoms with E-state index in [1.165, 1.54) is 18.2 Å². The van der Waals surface area contributed by atoms with E-state index >= 15 is 0 Å². The molecule has 5 nitrogen and oxygen atoms in total. The summed E-state index contributed by atoms with van der Waals surface area (Å²) >= 11 is 11.9. The minimum Gasteiger partial charge on any atom is -0.324 e. The van der Waals surface area contributed by atoms with Gasteiger partial charge in [0.05, 0.1) is 17.0 Å². The number of hydrogen-bond donors (Lipinski definition) is 1. The molecule has 0 heterocycles. The quantitative estimate of drug-likeness (QED) is 0.823. The molecule has 0 atom stereocenters. The normalized spacial score (nSPS) is 11.2. The highest BCUT2D eigenvalue weighted by Gasteiger charge is 2.23. The molecule has 0 bridgehead atoms. The molecule has 0 saturated heterocycles. The van der Waals surface area contributed by atoms with Crippen LogP contribution in [0.2, 0.25) is 10.0 Å². The SMILES string of the molecule is Cc1cccc(NC(=O)CN(c2ccc(Cl)cc2Cl)S(C)(=O)=O)c1C. The van der Waals surface area contributed by atoms with Crippen LogP contribution in [0.4, 0.5) is 11.4 Å². The van der Waals surface area contributed by atoms with Crippen LogP contribution >= 0.6 is 23.2 Å². The van der Waals surface area contributed by atoms with Crippen LogP contribution in [-0.4, -0.2) is 27.1 Å². The average molecular weight is 401 g/mol. The Balaban J connectivity index is 2.29. The van der Waals surface area contributed by atoms with Gasteiger partial charge in [-0.3, -0.25) is 9.10 Å². The van der Waals surface area contributed by atoms with Crippen LogP contribution in [-0.2, 0) is 14.8 Å². The summed E-state index contributed by atoms with van der Waals surface area (Å²) in [7, 11) is -3.71. The number of benzene rings is 2. The van der Waals surface area contributed by atoms with E-state index in [1.54, 1.807) is 6.07 Å². The molecule has 0 aliphatic carbocycles. The van der Waals surface area contributed by atoms with E-state index in [4.69, 9.17) is 23.2 Å². The van der Waals surface area contributed by atoms with E-state index in [1.807, 2.05) is 26.0 Å². The van der Waals surface area contributed by atoms with Crippen molar-refractivity contribution in [1.29, 1.82) is 0 Å². The van der Waals surface area contributed by atoms with Crippen molar-refractivity contribution in [3.05, 3.63) is 57.6 Å². The number of hydrogen-bond acceptors (Lipinski definition) is 3. The van der Waals surface area contributed by atoms with Gasteiger partial charge in [0.1, 0.15) is 6.54 Å². The van der Waals surface area contributed by atoms with Crippen molar-refractivity contribution in [2.45, 2.75) is 13.8 Å². The summed E-state index contributed by atoms with van der Waals surface area (Å²) in [6, 6.07) is 9.93. The predicted octanol–water partition coefficient (Wildman–Crippen LogP) is 4.01. The second-order valence-electron chi connectivity index (χ2n) is 5.66. The second-order valence-corrected chi connectivity index (χ2v) is 8.41. The van der Waals surface area contributed by atoms with Crippen molar-refractivity contribution in [2.24, 2.45) is 0 Å². The summed E-state index contributed by atoms with van der Waals surface area (Å²) in [4.78, 5) is 12.4. The van der Waals surface area contributed by atoms with E-state index in [0.717, 1.165) is 21.7 Å². The monoisotopic (exact) mass is 400 g/mol. The van der Waals surface area contributed by atoms with Crippen molar-refractivity contribution in [3.8, 4) is 0 Å². The summed E-state index contributed by atoms with van der Waals surface area (Å²) in [6.45, 7) is 3.42. The van der Waals surface area contributed by atoms with E-state index in [-0.39, 0.29) is 10.7 Å². The van der Waals surface area contributed by atoms with Crippen molar-refractivity contribution in [1.82, 2.24) is 0 Å². The third-order valence-corrected chi connectivity index (χ3v) is 5.41. The number of sulfonamides is 1. The standard InChI is InChI=1S/C17H18Cl2N2O3S/c1-11-5-4-6-15(12(11)2)20-17(22)10-21(25(3,23)24)16-8-7-13(18)9-14(16)19/h4-9H,10H2,1-3H3,(H,20,22). The maximum Gasteiger partial charge on any atom is 0.245 e. The first-order valence-corrected chi connectivity index (χ1v) is 9.99. The van der Waals surface area contributed by atoms with E-state index in [2.05, 4.69) is 5.32 Å². The highest BCUT2D eigenvalue weighted by atomic mass is 35.5. The van der Waals surface area contributed by atoms with Gasteiger partial charge in [-0.25, -0.2) is 8.42 Å². The van der Waals surface area contributed by atoms with Gasteiger partial charge in [-0.1, -0.05) is 35.3 Å². The van der Waals surface area contributed by atoms with Gasteiger partial charge in [-0.05, 0) is 49.2 Å². The van der Waals surface area contributed by atoms with Gasteiger partial charge in [0, 0.05) is 10.7 Å². The van der Waals surface area contributed by atoms with E-state index in [9.17, 15) is 13.2 Å². The zero-order chi connectivity index (χ0) is 18.8. The van der Waals surface area contributed by atoms with Crippen LogP contribution in [0.25, 0.3) is 0 Å². The first-order chi connectivity index (χ1) is 11.6. The van der Waals surface area contributed by atoms with Gasteiger partial charge >= 0.3 is 0 Å². The molecule has 2 aromatic rings. The molecule has 0 radical (unpaired) electrons. The molecule has 25 heavy (non-hydrogen) atoms. The summed E-state index contributed by atoms with van der Waals surface area (Å²) in [5.41, 5.74) is 2.79. The van der Waals surface area contributed by atoms with Gasteiger partial charge in [-0.2, -0.15) is 0 Å². The number of carbonyl (C=O) groups excluding carboxylic acids is 1. The van der Waals surface area contributed by atoms with Crippen LogP contribution in [0.5, 0.6) is 0 Å². The van der Waals surface area contributed by atoms with Crippen LogP contribution in [0.3, 0.4) is 0 Å². The number of aryl methyl sites for hydroxylation is 1. The Kier molecular flexibility index (Phi) is 5.98. The fraction of sp³-hybridized carbons (Fsp3) is 0.235. The number of rotatable bonds is 5. The van der Waals surface area contributed by atoms with Crippen molar-refractivity contribution in [3.63, 3.8) is 0 Å². The third-order valence-electron chi connectivity index (χ3n) is 3.74. The lowest BCUT2D eigenvalue weighted by Gasteiger charge is -2.23. The molecule has 0 spiro atoms. The molecule has 1 N–H and O–H groups in total. The maximum atomic E-state index is 12.4. The lowest BCUT2D eigenvalue weighted by molar-refractivity contribution is -0.114. The molecule has 134 valence electrons. The molecule has 0 saturated carbocycles. The molecule has 0 fully saturated rings. The maximum absolute atomic E-state index is 12.4. The summed E-state index contributed by atoms with van der Waals surface area (Å²) < 4.78 is 25.2. The van der Waals surface area contributed by atoms with Gasteiger partial charge in [0.2, 0.25) is 15.9 Å². The lowest BCUT2D eigenvalue weighted by atomic mass is 10.1. The Morgan fingerprint density at radius 2 is 1.84 bits per heavy atom. The van der Waals surface area contributed by atoms with Gasteiger partial charge < -0.3 is 5.32 Å². The smallest absolute Gasteiger partial charge is 0.245 e. The molecule has 8 heteroatoms. The summed E-state index contributed by atoms with van der Waals surface area (Å²) in [5, 5.41) is 3.27. The topological polar surface area (TPSA) is 66.5 Å². The minimum absolute atomic E-state index is 0.150. The van der Waals surface area contributed by atoms with Gasteiger partial charge in [0.15, 0.2) is 0 Å². The number of anilines is 2. The zero-order valence-electron chi connectivity index (χ0n) is 14.0. The molecular weight excluding hydrogens is 383 g/mol. The second kappa shape index (κ2) is 7.64. The van der Waals surface area contributed by atoms with Crippen LogP contribution in [0, 0.1) is 13.8 Å². The Hall–Kier alpha value is -1.76. The largest absolute Gasteiger partial charge is 0.324 e. The molecule has 2 rings (SSSR count). The molecular formula is C17H18Cl2N2O3S. The van der Waals surface area contributed by atoms with Crippen molar-refractivity contribution < 1.29 is 13.2 Å². The van der Waals surface area contributed by atoms with Crippen molar-refractivity contribution in [2.75, 3.05) is 22.4 Å². The number of nitrogens with zero attached hydrogens (tertiary/aromatic N) is 1. The molecule has 0 aliphatic rings. The fourth-order valence-electron chi connectivity index (χ4n) is 2.27. The number of amides is 1. The fourth-order valence-corrected chi connectivity index (χ4v) is 3.70. The molecule has 0 unspecified atom stereocenters.